The summed E-state index contributed by atoms with van der Waals surface area (Å²) >= 11 is 13.2. The van der Waals surface area contributed by atoms with Crippen LogP contribution in [0.3, 0.4) is 0 Å². The average Bonchev–Trinajstić information content (AvgIpc) is 2.44. The van der Waals surface area contributed by atoms with Crippen molar-refractivity contribution in [3.05, 3.63) is 68.3 Å². The molecule has 0 unspecified atom stereocenters. The predicted molar refractivity (Wildman–Crippen MR) is 81.3 cm³/mol. The van der Waals surface area contributed by atoms with Crippen LogP contribution in [0.1, 0.15) is 5.56 Å². The molecule has 0 radical (unpaired) electrons. The number of hydrogen-bond donors (Lipinski definition) is 0. The Morgan fingerprint density at radius 2 is 1.90 bits per heavy atom. The van der Waals surface area contributed by atoms with Crippen LogP contribution in [0.4, 0.5) is 0 Å². The molecule has 0 spiro atoms. The minimum Gasteiger partial charge on any atom is -0.618 e. The van der Waals surface area contributed by atoms with Gasteiger partial charge in [-0.05, 0) is 36.0 Å². The molecule has 0 aliphatic carbocycles. The Balaban J connectivity index is 2.37. The van der Waals surface area contributed by atoms with Gasteiger partial charge in [0.25, 0.3) is 5.03 Å². The fourth-order valence-corrected chi connectivity index (χ4v) is 2.72. The third-order valence-corrected chi connectivity index (χ3v) is 4.00. The second kappa shape index (κ2) is 6.67. The lowest BCUT2D eigenvalue weighted by Gasteiger charge is -2.04. The highest BCUT2D eigenvalue weighted by molar-refractivity contribution is 8.03. The summed E-state index contributed by atoms with van der Waals surface area (Å²) in [5, 5.41) is 22.1. The lowest BCUT2D eigenvalue weighted by Crippen LogP contribution is -2.27. The third-order valence-electron chi connectivity index (χ3n) is 2.39. The minimum absolute atomic E-state index is 0.329. The highest BCUT2D eigenvalue weighted by Gasteiger charge is 2.10. The molecule has 2 aromatic rings. The van der Waals surface area contributed by atoms with E-state index in [1.54, 1.807) is 42.5 Å². The molecule has 20 heavy (non-hydrogen) atoms. The zero-order valence-corrected chi connectivity index (χ0v) is 12.4. The van der Waals surface area contributed by atoms with Crippen molar-refractivity contribution in [2.45, 2.75) is 5.03 Å². The first-order valence-electron chi connectivity index (χ1n) is 5.53. The maximum atomic E-state index is 11.6. The van der Waals surface area contributed by atoms with E-state index in [2.05, 4.69) is 0 Å². The molecule has 0 fully saturated rings. The van der Waals surface area contributed by atoms with Crippen molar-refractivity contribution < 1.29 is 4.73 Å². The summed E-state index contributed by atoms with van der Waals surface area (Å²) in [5.41, 5.74) is 0.563. The summed E-state index contributed by atoms with van der Waals surface area (Å²) in [5.74, 6) is 0. The molecule has 1 aromatic carbocycles. The highest BCUT2D eigenvalue weighted by Crippen LogP contribution is 2.31. The Kier molecular flexibility index (Phi) is 4.91. The van der Waals surface area contributed by atoms with Crippen LogP contribution >= 0.6 is 35.0 Å². The second-order valence-corrected chi connectivity index (χ2v) is 5.60. The molecular formula is C14H8Cl2N2OS. The van der Waals surface area contributed by atoms with Crippen molar-refractivity contribution in [2.24, 2.45) is 0 Å². The molecule has 0 amide bonds. The van der Waals surface area contributed by atoms with Crippen LogP contribution in [0, 0.1) is 16.5 Å². The SMILES string of the molecule is N#C/C(=C/c1c(Cl)cccc1Cl)Sc1cccc[n+]1[O-]. The van der Waals surface area contributed by atoms with Crippen molar-refractivity contribution >= 4 is 41.0 Å². The molecule has 1 heterocycles. The molecular weight excluding hydrogens is 315 g/mol. The highest BCUT2D eigenvalue weighted by atomic mass is 35.5. The molecule has 0 N–H and O–H groups in total. The van der Waals surface area contributed by atoms with Crippen LogP contribution < -0.4 is 4.73 Å². The zero-order chi connectivity index (χ0) is 14.5. The van der Waals surface area contributed by atoms with Gasteiger partial charge in [0.15, 0.2) is 6.20 Å². The maximum absolute atomic E-state index is 11.6. The summed E-state index contributed by atoms with van der Waals surface area (Å²) in [6, 6.07) is 12.1. The lowest BCUT2D eigenvalue weighted by molar-refractivity contribution is -0.645. The summed E-state index contributed by atoms with van der Waals surface area (Å²) in [4.78, 5) is 0.329. The summed E-state index contributed by atoms with van der Waals surface area (Å²) < 4.78 is 0.698. The number of nitriles is 1. The van der Waals surface area contributed by atoms with E-state index < -0.39 is 0 Å². The summed E-state index contributed by atoms with van der Waals surface area (Å²) in [6.45, 7) is 0. The molecule has 0 aliphatic heterocycles. The van der Waals surface area contributed by atoms with Gasteiger partial charge < -0.3 is 5.21 Å². The smallest absolute Gasteiger partial charge is 0.256 e. The van der Waals surface area contributed by atoms with Gasteiger partial charge in [-0.25, -0.2) is 0 Å². The average molecular weight is 323 g/mol. The van der Waals surface area contributed by atoms with Gasteiger partial charge in [0.1, 0.15) is 6.07 Å². The molecule has 1 aromatic heterocycles. The van der Waals surface area contributed by atoms with Crippen molar-refractivity contribution in [2.75, 3.05) is 0 Å². The fraction of sp³-hybridized carbons (Fsp3) is 0. The lowest BCUT2D eigenvalue weighted by atomic mass is 10.2. The Labute approximate surface area is 130 Å². The molecule has 6 heteroatoms. The van der Waals surface area contributed by atoms with Gasteiger partial charge in [0.2, 0.25) is 0 Å². The zero-order valence-electron chi connectivity index (χ0n) is 10.1. The van der Waals surface area contributed by atoms with Crippen LogP contribution in [0.2, 0.25) is 10.0 Å². The monoisotopic (exact) mass is 322 g/mol. The van der Waals surface area contributed by atoms with Crippen LogP contribution in [-0.4, -0.2) is 0 Å². The number of rotatable bonds is 3. The van der Waals surface area contributed by atoms with E-state index in [1.807, 2.05) is 6.07 Å². The molecule has 0 aliphatic rings. The van der Waals surface area contributed by atoms with Gasteiger partial charge in [-0.2, -0.15) is 9.99 Å². The third kappa shape index (κ3) is 3.45. The van der Waals surface area contributed by atoms with Crippen molar-refractivity contribution in [3.8, 4) is 6.07 Å². The van der Waals surface area contributed by atoms with E-state index in [0.29, 0.717) is 30.3 Å². The Bertz CT molecular complexity index is 690. The standard InChI is InChI=1S/C14H8Cl2N2OS/c15-12-4-3-5-13(16)11(12)8-10(9-17)20-14-6-1-2-7-18(14)19/h1-8H/b10-8-. The van der Waals surface area contributed by atoms with Gasteiger partial charge in [-0.15, -0.1) is 0 Å². The number of benzene rings is 1. The number of pyridine rings is 1. The van der Waals surface area contributed by atoms with E-state index in [0.717, 1.165) is 11.8 Å². The number of hydrogen-bond acceptors (Lipinski definition) is 3. The van der Waals surface area contributed by atoms with Gasteiger partial charge in [-0.3, -0.25) is 0 Å². The quantitative estimate of drug-likeness (QED) is 0.366. The van der Waals surface area contributed by atoms with Crippen molar-refractivity contribution in [1.82, 2.24) is 0 Å². The van der Waals surface area contributed by atoms with Crippen LogP contribution in [0.15, 0.2) is 52.5 Å². The minimum atomic E-state index is 0.329. The van der Waals surface area contributed by atoms with E-state index in [-0.39, 0.29) is 0 Å². The topological polar surface area (TPSA) is 50.7 Å². The first-order valence-corrected chi connectivity index (χ1v) is 7.11. The van der Waals surface area contributed by atoms with Crippen molar-refractivity contribution in [3.63, 3.8) is 0 Å². The van der Waals surface area contributed by atoms with Gasteiger partial charge in [0, 0.05) is 27.7 Å². The van der Waals surface area contributed by atoms with Crippen LogP contribution in [-0.2, 0) is 0 Å². The number of nitrogens with zero attached hydrogens (tertiary/aromatic N) is 2. The Morgan fingerprint density at radius 3 is 2.50 bits per heavy atom. The van der Waals surface area contributed by atoms with E-state index >= 15 is 0 Å². The van der Waals surface area contributed by atoms with Crippen LogP contribution in [0.5, 0.6) is 0 Å². The first-order chi connectivity index (χ1) is 9.61. The van der Waals surface area contributed by atoms with E-state index in [1.165, 1.54) is 6.20 Å². The maximum Gasteiger partial charge on any atom is 0.256 e. The number of halogens is 2. The van der Waals surface area contributed by atoms with Gasteiger partial charge in [0.05, 0.1) is 4.91 Å². The van der Waals surface area contributed by atoms with E-state index in [4.69, 9.17) is 23.2 Å². The second-order valence-electron chi connectivity index (χ2n) is 3.72. The molecule has 0 saturated carbocycles. The van der Waals surface area contributed by atoms with Gasteiger partial charge in [-0.1, -0.05) is 29.3 Å². The summed E-state index contributed by atoms with van der Waals surface area (Å²) in [7, 11) is 0. The molecule has 0 atom stereocenters. The molecule has 3 nitrogen and oxygen atoms in total. The number of allylic oxidation sites excluding steroid dienone is 1. The van der Waals surface area contributed by atoms with Crippen molar-refractivity contribution in [1.29, 1.82) is 5.26 Å². The first kappa shape index (κ1) is 14.7. The Morgan fingerprint density at radius 1 is 1.20 bits per heavy atom. The molecule has 2 rings (SSSR count). The number of thioether (sulfide) groups is 1. The van der Waals surface area contributed by atoms with E-state index in [9.17, 15) is 10.5 Å². The largest absolute Gasteiger partial charge is 0.618 e. The Hall–Kier alpha value is -1.67. The molecule has 100 valence electrons. The van der Waals surface area contributed by atoms with Gasteiger partial charge >= 0.3 is 0 Å². The molecule has 0 saturated heterocycles. The number of aromatic nitrogens is 1. The normalized spacial score (nSPS) is 11.2. The summed E-state index contributed by atoms with van der Waals surface area (Å²) in [6.07, 6.45) is 2.95. The predicted octanol–water partition coefficient (Wildman–Crippen LogP) is 4.28. The molecule has 0 bridgehead atoms. The van der Waals surface area contributed by atoms with Crippen LogP contribution in [0.25, 0.3) is 6.08 Å². The fourth-order valence-electron chi connectivity index (χ4n) is 1.47.